The molecule has 4 N–H and O–H groups in total. The van der Waals surface area contributed by atoms with Gasteiger partial charge in [0, 0.05) is 29.5 Å². The van der Waals surface area contributed by atoms with Gasteiger partial charge in [-0.2, -0.15) is 0 Å². The highest BCUT2D eigenvalue weighted by Crippen LogP contribution is 2.20. The Morgan fingerprint density at radius 1 is 1.29 bits per heavy atom. The van der Waals surface area contributed by atoms with E-state index in [0.29, 0.717) is 11.5 Å². The van der Waals surface area contributed by atoms with Gasteiger partial charge >= 0.3 is 0 Å². The molecule has 0 radical (unpaired) electrons. The number of nitrogens with two attached hydrogens (primary N) is 2. The summed E-state index contributed by atoms with van der Waals surface area (Å²) >= 11 is 0. The van der Waals surface area contributed by atoms with Gasteiger partial charge in [0.25, 0.3) is 0 Å². The molecule has 0 spiro atoms. The molecule has 2 rings (SSSR count). The van der Waals surface area contributed by atoms with Crippen LogP contribution < -0.4 is 11.5 Å². The molecule has 2 aromatic rings. The second-order valence-electron chi connectivity index (χ2n) is 3.74. The van der Waals surface area contributed by atoms with Gasteiger partial charge in [-0.15, -0.1) is 0 Å². The molecule has 0 unspecified atom stereocenters. The maximum Gasteiger partial charge on any atom is 0.0965 e. The summed E-state index contributed by atoms with van der Waals surface area (Å²) in [6, 6.07) is 7.91. The summed E-state index contributed by atoms with van der Waals surface area (Å²) < 4.78 is 0. The maximum atomic E-state index is 5.56. The summed E-state index contributed by atoms with van der Waals surface area (Å²) in [5.74, 6) is 0.483. The summed E-state index contributed by atoms with van der Waals surface area (Å²) in [6.45, 7) is 1.73. The molecule has 4 heteroatoms. The van der Waals surface area contributed by atoms with E-state index >= 15 is 0 Å². The molecular weight excluding hydrogens is 212 g/mol. The van der Waals surface area contributed by atoms with Gasteiger partial charge in [-0.25, -0.2) is 4.99 Å². The highest BCUT2D eigenvalue weighted by molar-refractivity contribution is 5.88. The standard InChI is InChI=1S/C13H14N4/c1-9(15)17-13(7-14)11-2-3-12-8-16-5-4-10(12)6-11/h2-8H,14H2,1H3,(H2,15,17)/b13-7+. The van der Waals surface area contributed by atoms with Crippen molar-refractivity contribution in [2.45, 2.75) is 6.92 Å². The first-order chi connectivity index (χ1) is 8.20. The number of rotatable bonds is 2. The van der Waals surface area contributed by atoms with Gasteiger partial charge < -0.3 is 11.5 Å². The lowest BCUT2D eigenvalue weighted by Crippen LogP contribution is -2.05. The minimum absolute atomic E-state index is 0.483. The van der Waals surface area contributed by atoms with Gasteiger partial charge in [-0.3, -0.25) is 4.98 Å². The van der Waals surface area contributed by atoms with Crippen LogP contribution in [0.5, 0.6) is 0 Å². The summed E-state index contributed by atoms with van der Waals surface area (Å²) in [5, 5.41) is 2.18. The minimum Gasteiger partial charge on any atom is -0.403 e. The lowest BCUT2D eigenvalue weighted by Gasteiger charge is -2.04. The molecule has 0 fully saturated rings. The third kappa shape index (κ3) is 2.42. The number of fused-ring (bicyclic) bond motifs is 1. The highest BCUT2D eigenvalue weighted by atomic mass is 14.9. The van der Waals surface area contributed by atoms with Crippen molar-refractivity contribution in [2.75, 3.05) is 0 Å². The van der Waals surface area contributed by atoms with E-state index in [0.717, 1.165) is 16.3 Å². The van der Waals surface area contributed by atoms with Gasteiger partial charge in [-0.1, -0.05) is 12.1 Å². The number of aliphatic imine (C=N–C) groups is 1. The lowest BCUT2D eigenvalue weighted by atomic mass is 10.1. The van der Waals surface area contributed by atoms with Crippen LogP contribution in [0, 0.1) is 0 Å². The molecule has 4 nitrogen and oxygen atoms in total. The molecule has 0 aliphatic heterocycles. The monoisotopic (exact) mass is 226 g/mol. The van der Waals surface area contributed by atoms with Crippen molar-refractivity contribution in [1.82, 2.24) is 4.98 Å². The Morgan fingerprint density at radius 3 is 2.82 bits per heavy atom. The molecule has 17 heavy (non-hydrogen) atoms. The third-order valence-corrected chi connectivity index (χ3v) is 2.39. The summed E-state index contributed by atoms with van der Waals surface area (Å²) in [7, 11) is 0. The first-order valence-electron chi connectivity index (χ1n) is 5.27. The Bertz CT molecular complexity index is 595. The number of aromatic nitrogens is 1. The lowest BCUT2D eigenvalue weighted by molar-refractivity contribution is 1.36. The van der Waals surface area contributed by atoms with Crippen LogP contribution in [0.4, 0.5) is 0 Å². The van der Waals surface area contributed by atoms with E-state index in [-0.39, 0.29) is 0 Å². The van der Waals surface area contributed by atoms with E-state index in [9.17, 15) is 0 Å². The Balaban J connectivity index is 2.52. The predicted octanol–water partition coefficient (Wildman–Crippen LogP) is 1.87. The van der Waals surface area contributed by atoms with Crippen molar-refractivity contribution in [3.8, 4) is 0 Å². The van der Waals surface area contributed by atoms with Crippen LogP contribution in [0.15, 0.2) is 47.9 Å². The molecule has 0 saturated carbocycles. The number of benzene rings is 1. The SMILES string of the molecule is C/C(N)=N\C(=C\N)c1ccc2cnccc2c1. The Hall–Kier alpha value is -2.36. The van der Waals surface area contributed by atoms with E-state index in [4.69, 9.17) is 11.5 Å². The highest BCUT2D eigenvalue weighted by Gasteiger charge is 2.01. The normalized spacial score (nSPS) is 13.0. The van der Waals surface area contributed by atoms with Gasteiger partial charge in [0.2, 0.25) is 0 Å². The fraction of sp³-hybridized carbons (Fsp3) is 0.0769. The second kappa shape index (κ2) is 4.65. The molecular formula is C13H14N4. The summed E-state index contributed by atoms with van der Waals surface area (Å²) in [5.41, 5.74) is 12.7. The fourth-order valence-corrected chi connectivity index (χ4v) is 1.63. The molecule has 0 saturated heterocycles. The largest absolute Gasteiger partial charge is 0.403 e. The van der Waals surface area contributed by atoms with E-state index in [1.807, 2.05) is 30.5 Å². The van der Waals surface area contributed by atoms with Crippen LogP contribution in [-0.4, -0.2) is 10.8 Å². The average molecular weight is 226 g/mol. The van der Waals surface area contributed by atoms with Crippen molar-refractivity contribution < 1.29 is 0 Å². The average Bonchev–Trinajstić information content (AvgIpc) is 2.35. The second-order valence-corrected chi connectivity index (χ2v) is 3.74. The number of nitrogens with zero attached hydrogens (tertiary/aromatic N) is 2. The van der Waals surface area contributed by atoms with Crippen molar-refractivity contribution in [2.24, 2.45) is 16.5 Å². The molecule has 0 aliphatic rings. The smallest absolute Gasteiger partial charge is 0.0965 e. The molecule has 1 heterocycles. The molecule has 0 aliphatic carbocycles. The fourth-order valence-electron chi connectivity index (χ4n) is 1.63. The third-order valence-electron chi connectivity index (χ3n) is 2.39. The van der Waals surface area contributed by atoms with E-state index in [1.54, 1.807) is 13.1 Å². The number of hydrogen-bond acceptors (Lipinski definition) is 3. The van der Waals surface area contributed by atoms with Crippen molar-refractivity contribution in [3.05, 3.63) is 48.4 Å². The number of hydrogen-bond donors (Lipinski definition) is 2. The minimum atomic E-state index is 0.483. The molecule has 0 atom stereocenters. The Morgan fingerprint density at radius 2 is 2.12 bits per heavy atom. The number of amidine groups is 1. The van der Waals surface area contributed by atoms with Crippen LogP contribution in [-0.2, 0) is 0 Å². The van der Waals surface area contributed by atoms with Crippen LogP contribution >= 0.6 is 0 Å². The first kappa shape index (κ1) is 11.1. The van der Waals surface area contributed by atoms with Crippen molar-refractivity contribution in [1.29, 1.82) is 0 Å². The zero-order chi connectivity index (χ0) is 12.3. The van der Waals surface area contributed by atoms with Crippen molar-refractivity contribution in [3.63, 3.8) is 0 Å². The van der Waals surface area contributed by atoms with Crippen LogP contribution in [0.2, 0.25) is 0 Å². The number of pyridine rings is 1. The quantitative estimate of drug-likeness (QED) is 0.606. The van der Waals surface area contributed by atoms with E-state index in [1.165, 1.54) is 6.20 Å². The summed E-state index contributed by atoms with van der Waals surface area (Å²) in [6.07, 6.45) is 5.04. The van der Waals surface area contributed by atoms with Gasteiger partial charge in [0.05, 0.1) is 11.5 Å². The van der Waals surface area contributed by atoms with E-state index < -0.39 is 0 Å². The Kier molecular flexibility index (Phi) is 3.05. The van der Waals surface area contributed by atoms with Crippen LogP contribution in [0.1, 0.15) is 12.5 Å². The van der Waals surface area contributed by atoms with Crippen LogP contribution in [0.25, 0.3) is 16.5 Å². The summed E-state index contributed by atoms with van der Waals surface area (Å²) in [4.78, 5) is 8.26. The first-order valence-corrected chi connectivity index (χ1v) is 5.27. The predicted molar refractivity (Wildman–Crippen MR) is 71.2 cm³/mol. The van der Waals surface area contributed by atoms with E-state index in [2.05, 4.69) is 9.98 Å². The van der Waals surface area contributed by atoms with Gasteiger partial charge in [0.1, 0.15) is 0 Å². The van der Waals surface area contributed by atoms with Gasteiger partial charge in [0.15, 0.2) is 0 Å². The maximum absolute atomic E-state index is 5.56. The zero-order valence-corrected chi connectivity index (χ0v) is 9.59. The molecule has 1 aromatic carbocycles. The molecule has 86 valence electrons. The topological polar surface area (TPSA) is 77.3 Å². The van der Waals surface area contributed by atoms with Crippen molar-refractivity contribution >= 4 is 22.3 Å². The molecule has 1 aromatic heterocycles. The van der Waals surface area contributed by atoms with Crippen LogP contribution in [0.3, 0.4) is 0 Å². The Labute approximate surface area is 99.7 Å². The zero-order valence-electron chi connectivity index (χ0n) is 9.59. The molecule has 0 bridgehead atoms. The molecule has 0 amide bonds. The van der Waals surface area contributed by atoms with Gasteiger partial charge in [-0.05, 0) is 24.4 Å².